The summed E-state index contributed by atoms with van der Waals surface area (Å²) in [5.74, 6) is 0.673. The first-order chi connectivity index (χ1) is 13.5. The quantitative estimate of drug-likeness (QED) is 0.594. The lowest BCUT2D eigenvalue weighted by molar-refractivity contribution is 0.414. The third-order valence-corrected chi connectivity index (χ3v) is 6.07. The van der Waals surface area contributed by atoms with E-state index in [4.69, 9.17) is 9.47 Å². The van der Waals surface area contributed by atoms with E-state index >= 15 is 0 Å². The lowest BCUT2D eigenvalue weighted by Gasteiger charge is -2.25. The lowest BCUT2D eigenvalue weighted by Crippen LogP contribution is -2.31. The number of sulfonamides is 1. The van der Waals surface area contributed by atoms with Crippen molar-refractivity contribution in [3.05, 3.63) is 84.2 Å². The molecule has 0 saturated heterocycles. The van der Waals surface area contributed by atoms with Crippen LogP contribution in [0, 0.1) is 5.82 Å². The van der Waals surface area contributed by atoms with Crippen molar-refractivity contribution in [1.29, 1.82) is 0 Å². The Hall–Kier alpha value is -3.06. The Balaban J connectivity index is 2.06. The second-order valence-electron chi connectivity index (χ2n) is 5.98. The maximum Gasteiger partial charge on any atom is 0.264 e. The van der Waals surface area contributed by atoms with Gasteiger partial charge in [0.2, 0.25) is 0 Å². The molecule has 0 atom stereocenters. The number of nitrogens with zero attached hydrogens (tertiary/aromatic N) is 1. The van der Waals surface area contributed by atoms with E-state index < -0.39 is 15.8 Å². The van der Waals surface area contributed by atoms with E-state index in [0.717, 1.165) is 0 Å². The molecule has 0 spiro atoms. The highest BCUT2D eigenvalue weighted by molar-refractivity contribution is 7.92. The van der Waals surface area contributed by atoms with Crippen molar-refractivity contribution in [3.8, 4) is 11.5 Å². The van der Waals surface area contributed by atoms with E-state index in [0.29, 0.717) is 17.2 Å². The molecule has 0 amide bonds. The number of hydrogen-bond acceptors (Lipinski definition) is 4. The molecule has 3 aromatic rings. The fourth-order valence-corrected chi connectivity index (χ4v) is 4.16. The third kappa shape index (κ3) is 4.09. The number of benzene rings is 3. The van der Waals surface area contributed by atoms with E-state index in [1.54, 1.807) is 54.6 Å². The van der Waals surface area contributed by atoms with Crippen LogP contribution in [-0.4, -0.2) is 22.6 Å². The summed E-state index contributed by atoms with van der Waals surface area (Å²) in [6.45, 7) is -0.145. The minimum Gasteiger partial charge on any atom is -0.497 e. The summed E-state index contributed by atoms with van der Waals surface area (Å²) in [4.78, 5) is 0.0838. The molecule has 0 saturated carbocycles. The highest BCUT2D eigenvalue weighted by Crippen LogP contribution is 2.29. The van der Waals surface area contributed by atoms with Crippen LogP contribution in [0.4, 0.5) is 10.1 Å². The molecule has 0 aliphatic rings. The first kappa shape index (κ1) is 19.7. The largest absolute Gasteiger partial charge is 0.497 e. The molecular formula is C21H20FNO4S. The number of anilines is 1. The van der Waals surface area contributed by atoms with Crippen molar-refractivity contribution in [2.75, 3.05) is 18.5 Å². The lowest BCUT2D eigenvalue weighted by atomic mass is 10.2. The van der Waals surface area contributed by atoms with Gasteiger partial charge in [-0.2, -0.15) is 0 Å². The van der Waals surface area contributed by atoms with Crippen molar-refractivity contribution in [3.63, 3.8) is 0 Å². The Labute approximate surface area is 164 Å². The number of halogens is 1. The number of hydrogen-bond donors (Lipinski definition) is 0. The van der Waals surface area contributed by atoms with Gasteiger partial charge in [0.15, 0.2) is 0 Å². The van der Waals surface area contributed by atoms with Gasteiger partial charge in [-0.15, -0.1) is 0 Å². The molecule has 0 heterocycles. The molecule has 0 bridgehead atoms. The van der Waals surface area contributed by atoms with Gasteiger partial charge < -0.3 is 9.47 Å². The van der Waals surface area contributed by atoms with Crippen LogP contribution in [0.1, 0.15) is 5.56 Å². The summed E-state index contributed by atoms with van der Waals surface area (Å²) >= 11 is 0. The van der Waals surface area contributed by atoms with Gasteiger partial charge in [-0.25, -0.2) is 12.8 Å². The standard InChI is InChI=1S/C21H20FNO4S/c1-26-18-9-7-17(8-10-18)23(15-16-5-3-4-6-21(16)22)28(24,25)20-13-11-19(27-2)12-14-20/h3-14H,15H2,1-2H3. The number of rotatable bonds is 7. The second kappa shape index (κ2) is 8.31. The molecule has 5 nitrogen and oxygen atoms in total. The van der Waals surface area contributed by atoms with Crippen LogP contribution in [0.25, 0.3) is 0 Å². The minimum atomic E-state index is -3.94. The van der Waals surface area contributed by atoms with Crippen molar-refractivity contribution >= 4 is 15.7 Å². The van der Waals surface area contributed by atoms with Crippen LogP contribution in [0.5, 0.6) is 11.5 Å². The summed E-state index contributed by atoms with van der Waals surface area (Å²) in [5.41, 5.74) is 0.676. The first-order valence-electron chi connectivity index (χ1n) is 8.50. The van der Waals surface area contributed by atoms with Gasteiger partial charge in [-0.05, 0) is 54.6 Å². The summed E-state index contributed by atoms with van der Waals surface area (Å²) in [5, 5.41) is 0. The molecule has 0 aromatic heterocycles. The molecule has 0 N–H and O–H groups in total. The predicted octanol–water partition coefficient (Wildman–Crippen LogP) is 4.24. The SMILES string of the molecule is COc1ccc(N(Cc2ccccc2F)S(=O)(=O)c2ccc(OC)cc2)cc1. The molecular weight excluding hydrogens is 381 g/mol. The Morgan fingerprint density at radius 2 is 1.36 bits per heavy atom. The van der Waals surface area contributed by atoms with Crippen molar-refractivity contribution in [2.45, 2.75) is 11.4 Å². The first-order valence-corrected chi connectivity index (χ1v) is 9.94. The average Bonchev–Trinajstić information content (AvgIpc) is 2.73. The highest BCUT2D eigenvalue weighted by Gasteiger charge is 2.26. The number of methoxy groups -OCH3 is 2. The summed E-state index contributed by atoms with van der Waals surface area (Å²) in [7, 11) is -0.910. The molecule has 0 aliphatic heterocycles. The molecule has 7 heteroatoms. The van der Waals surface area contributed by atoms with E-state index in [1.165, 1.54) is 36.7 Å². The third-order valence-electron chi connectivity index (χ3n) is 4.28. The summed E-state index contributed by atoms with van der Waals surface area (Å²) < 4.78 is 52.3. The minimum absolute atomic E-state index is 0.0838. The highest BCUT2D eigenvalue weighted by atomic mass is 32.2. The Bertz CT molecular complexity index is 1030. The summed E-state index contributed by atoms with van der Waals surface area (Å²) in [6.07, 6.45) is 0. The molecule has 146 valence electrons. The van der Waals surface area contributed by atoms with E-state index in [1.807, 2.05) is 0 Å². The Morgan fingerprint density at radius 3 is 1.89 bits per heavy atom. The normalized spacial score (nSPS) is 11.1. The molecule has 3 aromatic carbocycles. The molecule has 0 unspecified atom stereocenters. The van der Waals surface area contributed by atoms with Crippen molar-refractivity contribution in [1.82, 2.24) is 0 Å². The molecule has 3 rings (SSSR count). The van der Waals surface area contributed by atoms with Gasteiger partial charge in [-0.3, -0.25) is 4.31 Å². The molecule has 0 aliphatic carbocycles. The van der Waals surface area contributed by atoms with Crippen molar-refractivity contribution in [2.24, 2.45) is 0 Å². The number of ether oxygens (including phenoxy) is 2. The molecule has 0 fully saturated rings. The maximum absolute atomic E-state index is 14.2. The van der Waals surface area contributed by atoms with Crippen LogP contribution in [-0.2, 0) is 16.6 Å². The zero-order valence-corrected chi connectivity index (χ0v) is 16.3. The van der Waals surface area contributed by atoms with E-state index in [9.17, 15) is 12.8 Å². The van der Waals surface area contributed by atoms with Crippen LogP contribution >= 0.6 is 0 Å². The zero-order valence-electron chi connectivity index (χ0n) is 15.5. The van der Waals surface area contributed by atoms with E-state index in [-0.39, 0.29) is 17.0 Å². The van der Waals surface area contributed by atoms with Crippen LogP contribution in [0.2, 0.25) is 0 Å². The monoisotopic (exact) mass is 401 g/mol. The fraction of sp³-hybridized carbons (Fsp3) is 0.143. The topological polar surface area (TPSA) is 55.8 Å². The smallest absolute Gasteiger partial charge is 0.264 e. The van der Waals surface area contributed by atoms with E-state index in [2.05, 4.69) is 0 Å². The van der Waals surface area contributed by atoms with Crippen LogP contribution in [0.3, 0.4) is 0 Å². The zero-order chi connectivity index (χ0) is 20.1. The average molecular weight is 401 g/mol. The van der Waals surface area contributed by atoms with Crippen LogP contribution < -0.4 is 13.8 Å². The fourth-order valence-electron chi connectivity index (χ4n) is 2.72. The van der Waals surface area contributed by atoms with Gasteiger partial charge in [-0.1, -0.05) is 18.2 Å². The van der Waals surface area contributed by atoms with Crippen LogP contribution in [0.15, 0.2) is 77.7 Å². The predicted molar refractivity (Wildman–Crippen MR) is 106 cm³/mol. The van der Waals surface area contributed by atoms with Gasteiger partial charge in [0.25, 0.3) is 10.0 Å². The Morgan fingerprint density at radius 1 is 0.821 bits per heavy atom. The molecule has 0 radical (unpaired) electrons. The van der Waals surface area contributed by atoms with Gasteiger partial charge in [0, 0.05) is 5.56 Å². The second-order valence-corrected chi connectivity index (χ2v) is 7.84. The van der Waals surface area contributed by atoms with Gasteiger partial charge >= 0.3 is 0 Å². The molecule has 28 heavy (non-hydrogen) atoms. The summed E-state index contributed by atoms with van der Waals surface area (Å²) in [6, 6.07) is 18.8. The maximum atomic E-state index is 14.2. The van der Waals surface area contributed by atoms with Gasteiger partial charge in [0.05, 0.1) is 31.3 Å². The van der Waals surface area contributed by atoms with Crippen molar-refractivity contribution < 1.29 is 22.3 Å². The van der Waals surface area contributed by atoms with Gasteiger partial charge in [0.1, 0.15) is 17.3 Å². The Kier molecular flexibility index (Phi) is 5.84.